The number of benzene rings is 2. The van der Waals surface area contributed by atoms with Crippen molar-refractivity contribution in [2.75, 3.05) is 5.32 Å². The van der Waals surface area contributed by atoms with Crippen LogP contribution in [0, 0.1) is 10.1 Å². The average molecular weight is 360 g/mol. The van der Waals surface area contributed by atoms with E-state index in [1.165, 1.54) is 18.2 Å². The average Bonchev–Trinajstić information content (AvgIpc) is 3.12. The highest BCUT2D eigenvalue weighted by Crippen LogP contribution is 2.25. The SMILES string of the molecule is O=C(Nc1ccc(-c2nc3ncccc3o2)cc1)c1ccccc1[N+](=O)[O-]. The molecular weight excluding hydrogens is 348 g/mol. The summed E-state index contributed by atoms with van der Waals surface area (Å²) < 4.78 is 5.65. The lowest BCUT2D eigenvalue weighted by Crippen LogP contribution is -2.13. The fraction of sp³-hybridized carbons (Fsp3) is 0. The molecule has 2 aromatic heterocycles. The Balaban J connectivity index is 1.56. The molecule has 0 fully saturated rings. The molecule has 0 spiro atoms. The third kappa shape index (κ3) is 3.23. The van der Waals surface area contributed by atoms with Crippen LogP contribution in [0.2, 0.25) is 0 Å². The lowest BCUT2D eigenvalue weighted by molar-refractivity contribution is -0.385. The summed E-state index contributed by atoms with van der Waals surface area (Å²) in [5.41, 5.74) is 2.07. The van der Waals surface area contributed by atoms with Crippen LogP contribution in [-0.4, -0.2) is 20.8 Å². The Morgan fingerprint density at radius 2 is 1.81 bits per heavy atom. The molecule has 0 bridgehead atoms. The number of carbonyl (C=O) groups is 1. The van der Waals surface area contributed by atoms with Gasteiger partial charge in [0, 0.05) is 23.5 Å². The van der Waals surface area contributed by atoms with Crippen molar-refractivity contribution in [2.45, 2.75) is 0 Å². The van der Waals surface area contributed by atoms with Gasteiger partial charge in [0.25, 0.3) is 11.6 Å². The first-order valence-electron chi connectivity index (χ1n) is 7.98. The molecule has 2 aromatic carbocycles. The van der Waals surface area contributed by atoms with Gasteiger partial charge in [-0.15, -0.1) is 0 Å². The van der Waals surface area contributed by atoms with Gasteiger partial charge in [0.15, 0.2) is 11.2 Å². The van der Waals surface area contributed by atoms with Crippen molar-refractivity contribution >= 4 is 28.5 Å². The first-order valence-corrected chi connectivity index (χ1v) is 7.98. The van der Waals surface area contributed by atoms with Crippen molar-refractivity contribution < 1.29 is 14.1 Å². The number of nitrogens with one attached hydrogen (secondary N) is 1. The Morgan fingerprint density at radius 1 is 1.04 bits per heavy atom. The summed E-state index contributed by atoms with van der Waals surface area (Å²) in [5.74, 6) is -0.138. The third-order valence-electron chi connectivity index (χ3n) is 3.90. The minimum atomic E-state index is -0.584. The fourth-order valence-electron chi connectivity index (χ4n) is 2.61. The lowest BCUT2D eigenvalue weighted by atomic mass is 10.1. The van der Waals surface area contributed by atoms with Crippen LogP contribution in [0.25, 0.3) is 22.7 Å². The molecule has 0 aliphatic heterocycles. The van der Waals surface area contributed by atoms with Crippen molar-refractivity contribution in [2.24, 2.45) is 0 Å². The van der Waals surface area contributed by atoms with Gasteiger partial charge in [-0.2, -0.15) is 4.98 Å². The monoisotopic (exact) mass is 360 g/mol. The van der Waals surface area contributed by atoms with E-state index in [2.05, 4.69) is 15.3 Å². The zero-order valence-corrected chi connectivity index (χ0v) is 13.8. The number of anilines is 1. The molecule has 4 aromatic rings. The number of oxazole rings is 1. The molecule has 2 heterocycles. The van der Waals surface area contributed by atoms with Gasteiger partial charge in [-0.3, -0.25) is 14.9 Å². The number of pyridine rings is 1. The molecule has 27 heavy (non-hydrogen) atoms. The molecule has 1 amide bonds. The molecule has 8 nitrogen and oxygen atoms in total. The maximum absolute atomic E-state index is 12.4. The molecule has 0 saturated heterocycles. The summed E-state index contributed by atoms with van der Waals surface area (Å²) >= 11 is 0. The standard InChI is InChI=1S/C19H12N4O4/c24-18(14-4-1-2-5-15(14)23(25)26)21-13-9-7-12(8-10-13)19-22-17-16(27-19)6-3-11-20-17/h1-11H,(H,21,24). The van der Waals surface area contributed by atoms with Crippen LogP contribution in [-0.2, 0) is 0 Å². The number of rotatable bonds is 4. The number of nitrogens with zero attached hydrogens (tertiary/aromatic N) is 3. The zero-order chi connectivity index (χ0) is 18.8. The Hall–Kier alpha value is -4.07. The van der Waals surface area contributed by atoms with Gasteiger partial charge in [-0.25, -0.2) is 4.98 Å². The van der Waals surface area contributed by atoms with Gasteiger partial charge in [-0.05, 0) is 42.5 Å². The molecule has 0 saturated carbocycles. The number of amides is 1. The van der Waals surface area contributed by atoms with E-state index in [-0.39, 0.29) is 11.3 Å². The molecule has 132 valence electrons. The number of aromatic nitrogens is 2. The van der Waals surface area contributed by atoms with Gasteiger partial charge >= 0.3 is 0 Å². The van der Waals surface area contributed by atoms with Gasteiger partial charge in [0.1, 0.15) is 5.56 Å². The number of fused-ring (bicyclic) bond motifs is 1. The summed E-state index contributed by atoms with van der Waals surface area (Å²) in [6.07, 6.45) is 1.63. The second kappa shape index (κ2) is 6.68. The lowest BCUT2D eigenvalue weighted by Gasteiger charge is -2.06. The number of nitro groups is 1. The van der Waals surface area contributed by atoms with Crippen LogP contribution in [0.1, 0.15) is 10.4 Å². The summed E-state index contributed by atoms with van der Waals surface area (Å²) in [6.45, 7) is 0. The fourth-order valence-corrected chi connectivity index (χ4v) is 2.61. The summed E-state index contributed by atoms with van der Waals surface area (Å²) in [7, 11) is 0. The molecular formula is C19H12N4O4. The molecule has 0 unspecified atom stereocenters. The van der Waals surface area contributed by atoms with Crippen LogP contribution >= 0.6 is 0 Å². The van der Waals surface area contributed by atoms with E-state index in [9.17, 15) is 14.9 Å². The first kappa shape index (κ1) is 16.4. The molecule has 0 aliphatic rings. The largest absolute Gasteiger partial charge is 0.434 e. The van der Waals surface area contributed by atoms with E-state index in [0.717, 1.165) is 5.56 Å². The van der Waals surface area contributed by atoms with Crippen molar-refractivity contribution in [3.05, 3.63) is 82.5 Å². The zero-order valence-electron chi connectivity index (χ0n) is 13.8. The number of hydrogen-bond acceptors (Lipinski definition) is 6. The predicted molar refractivity (Wildman–Crippen MR) is 98.3 cm³/mol. The minimum Gasteiger partial charge on any atom is -0.434 e. The molecule has 0 aliphatic carbocycles. The predicted octanol–water partition coefficient (Wildman–Crippen LogP) is 4.05. The third-order valence-corrected chi connectivity index (χ3v) is 3.90. The number of nitro benzene ring substituents is 1. The Kier molecular flexibility index (Phi) is 4.06. The summed E-state index contributed by atoms with van der Waals surface area (Å²) in [4.78, 5) is 31.3. The van der Waals surface area contributed by atoms with Crippen molar-refractivity contribution in [3.8, 4) is 11.5 Å². The highest BCUT2D eigenvalue weighted by molar-refractivity contribution is 6.07. The van der Waals surface area contributed by atoms with Gasteiger partial charge in [0.05, 0.1) is 4.92 Å². The first-order chi connectivity index (χ1) is 13.1. The Labute approximate surface area is 152 Å². The van der Waals surface area contributed by atoms with Crippen molar-refractivity contribution in [1.82, 2.24) is 9.97 Å². The van der Waals surface area contributed by atoms with E-state index >= 15 is 0 Å². The minimum absolute atomic E-state index is 0.00315. The molecule has 1 N–H and O–H groups in total. The number of para-hydroxylation sites is 1. The van der Waals surface area contributed by atoms with E-state index < -0.39 is 10.8 Å². The smallest absolute Gasteiger partial charge is 0.282 e. The van der Waals surface area contributed by atoms with E-state index in [1.807, 2.05) is 0 Å². The summed E-state index contributed by atoms with van der Waals surface area (Å²) in [5, 5.41) is 13.7. The van der Waals surface area contributed by atoms with Gasteiger partial charge < -0.3 is 9.73 Å². The quantitative estimate of drug-likeness (QED) is 0.434. The van der Waals surface area contributed by atoms with Crippen LogP contribution in [0.15, 0.2) is 71.3 Å². The molecule has 0 atom stereocenters. The highest BCUT2D eigenvalue weighted by Gasteiger charge is 2.19. The van der Waals surface area contributed by atoms with Crippen LogP contribution in [0.5, 0.6) is 0 Å². The number of hydrogen-bond donors (Lipinski definition) is 1. The topological polar surface area (TPSA) is 111 Å². The maximum atomic E-state index is 12.4. The van der Waals surface area contributed by atoms with Gasteiger partial charge in [0.2, 0.25) is 5.89 Å². The molecule has 8 heteroatoms. The van der Waals surface area contributed by atoms with E-state index in [1.54, 1.807) is 48.7 Å². The molecule has 4 rings (SSSR count). The normalized spacial score (nSPS) is 10.7. The van der Waals surface area contributed by atoms with Crippen LogP contribution in [0.4, 0.5) is 11.4 Å². The maximum Gasteiger partial charge on any atom is 0.282 e. The second-order valence-corrected chi connectivity index (χ2v) is 5.65. The highest BCUT2D eigenvalue weighted by atomic mass is 16.6. The Morgan fingerprint density at radius 3 is 2.56 bits per heavy atom. The van der Waals surface area contributed by atoms with Crippen molar-refractivity contribution in [1.29, 1.82) is 0 Å². The Bertz CT molecular complexity index is 1120. The van der Waals surface area contributed by atoms with Gasteiger partial charge in [-0.1, -0.05) is 12.1 Å². The summed E-state index contributed by atoms with van der Waals surface area (Å²) in [6, 6.07) is 16.1. The number of carbonyl (C=O) groups excluding carboxylic acids is 1. The van der Waals surface area contributed by atoms with E-state index in [0.29, 0.717) is 22.8 Å². The van der Waals surface area contributed by atoms with E-state index in [4.69, 9.17) is 4.42 Å². The van der Waals surface area contributed by atoms with Crippen LogP contribution < -0.4 is 5.32 Å². The van der Waals surface area contributed by atoms with Crippen molar-refractivity contribution in [3.63, 3.8) is 0 Å². The van der Waals surface area contributed by atoms with Crippen LogP contribution in [0.3, 0.4) is 0 Å². The molecule has 0 radical (unpaired) electrons. The second-order valence-electron chi connectivity index (χ2n) is 5.65.